The van der Waals surface area contributed by atoms with E-state index >= 15 is 0 Å². The minimum atomic E-state index is -0.463. The van der Waals surface area contributed by atoms with Crippen LogP contribution in [0.3, 0.4) is 0 Å². The molecule has 3 N–H and O–H groups in total. The number of fused-ring (bicyclic) bond motifs is 1. The van der Waals surface area contributed by atoms with E-state index in [2.05, 4.69) is 41.8 Å². The molecule has 0 fully saturated rings. The van der Waals surface area contributed by atoms with E-state index in [0.29, 0.717) is 25.3 Å². The van der Waals surface area contributed by atoms with Crippen LogP contribution < -0.4 is 15.4 Å². The van der Waals surface area contributed by atoms with Gasteiger partial charge < -0.3 is 20.5 Å². The predicted molar refractivity (Wildman–Crippen MR) is 146 cm³/mol. The fourth-order valence-corrected chi connectivity index (χ4v) is 4.02. The molecule has 3 aromatic carbocycles. The highest BCUT2D eigenvalue weighted by atomic mass is 35.5. The summed E-state index contributed by atoms with van der Waals surface area (Å²) in [5.74, 6) is 0.606. The fraction of sp³-hybridized carbons (Fsp3) is 0.207. The molecule has 0 saturated carbocycles. The van der Waals surface area contributed by atoms with Crippen LogP contribution in [0, 0.1) is 6.92 Å². The molecule has 1 aliphatic heterocycles. The van der Waals surface area contributed by atoms with E-state index in [1.165, 1.54) is 11.6 Å². The summed E-state index contributed by atoms with van der Waals surface area (Å²) in [5.41, 5.74) is 6.89. The summed E-state index contributed by atoms with van der Waals surface area (Å²) in [7, 11) is 0. The minimum Gasteiger partial charge on any atom is -0.494 e. The number of hydrogen-bond donors (Lipinski definition) is 3. The summed E-state index contributed by atoms with van der Waals surface area (Å²) in [5, 5.41) is 16.1. The summed E-state index contributed by atoms with van der Waals surface area (Å²) in [4.78, 5) is 12.7. The highest BCUT2D eigenvalue weighted by molar-refractivity contribution is 6.00. The van der Waals surface area contributed by atoms with Crippen molar-refractivity contribution in [1.29, 1.82) is 0 Å². The van der Waals surface area contributed by atoms with Gasteiger partial charge in [-0.15, -0.1) is 12.4 Å². The third-order valence-corrected chi connectivity index (χ3v) is 5.75. The Morgan fingerprint density at radius 3 is 2.46 bits per heavy atom. The minimum absolute atomic E-state index is 0. The molecule has 0 aliphatic carbocycles. The van der Waals surface area contributed by atoms with Crippen molar-refractivity contribution in [2.45, 2.75) is 26.4 Å². The number of allylic oxidation sites excluding steroid dienone is 2. The Morgan fingerprint density at radius 2 is 1.77 bits per heavy atom. The molecule has 0 radical (unpaired) electrons. The van der Waals surface area contributed by atoms with Gasteiger partial charge in [0.1, 0.15) is 5.75 Å². The highest BCUT2D eigenvalue weighted by Crippen LogP contribution is 2.29. The average Bonchev–Trinajstić information content (AvgIpc) is 2.84. The van der Waals surface area contributed by atoms with Gasteiger partial charge in [-0.1, -0.05) is 60.2 Å². The lowest BCUT2D eigenvalue weighted by Crippen LogP contribution is -2.28. The molecular weight excluding hydrogens is 460 g/mol. The number of benzene rings is 3. The lowest BCUT2D eigenvalue weighted by molar-refractivity contribution is -0.111. The summed E-state index contributed by atoms with van der Waals surface area (Å²) in [6, 6.07) is 22.0. The molecular formula is C29H31ClN2O3. The van der Waals surface area contributed by atoms with Gasteiger partial charge in [0.25, 0.3) is 0 Å². The van der Waals surface area contributed by atoms with E-state index < -0.39 is 6.10 Å². The number of aryl methyl sites for hydroxylation is 1. The smallest absolute Gasteiger partial charge is 0.248 e. The Bertz CT molecular complexity index is 1200. The van der Waals surface area contributed by atoms with Gasteiger partial charge in [-0.2, -0.15) is 0 Å². The molecule has 1 heterocycles. The molecule has 1 amide bonds. The molecule has 4 rings (SSSR count). The van der Waals surface area contributed by atoms with Gasteiger partial charge in [0.15, 0.2) is 0 Å². The number of anilines is 2. The van der Waals surface area contributed by atoms with Crippen molar-refractivity contribution in [2.24, 2.45) is 0 Å². The van der Waals surface area contributed by atoms with Crippen LogP contribution in [0.15, 0.2) is 85.0 Å². The van der Waals surface area contributed by atoms with Crippen molar-refractivity contribution in [3.8, 4) is 5.75 Å². The number of aliphatic hydroxyl groups is 1. The molecule has 35 heavy (non-hydrogen) atoms. The van der Waals surface area contributed by atoms with E-state index in [0.717, 1.165) is 33.7 Å². The largest absolute Gasteiger partial charge is 0.494 e. The van der Waals surface area contributed by atoms with Crippen molar-refractivity contribution in [3.63, 3.8) is 0 Å². The summed E-state index contributed by atoms with van der Waals surface area (Å²) >= 11 is 0. The van der Waals surface area contributed by atoms with Crippen LogP contribution in [0.1, 0.15) is 29.2 Å². The van der Waals surface area contributed by atoms with Gasteiger partial charge in [-0.3, -0.25) is 4.79 Å². The summed E-state index contributed by atoms with van der Waals surface area (Å²) in [6.07, 6.45) is 5.29. The second kappa shape index (κ2) is 12.2. The van der Waals surface area contributed by atoms with Crippen LogP contribution in [0.5, 0.6) is 5.75 Å². The van der Waals surface area contributed by atoms with Gasteiger partial charge in [-0.25, -0.2) is 0 Å². The summed E-state index contributed by atoms with van der Waals surface area (Å²) in [6.45, 7) is 5.16. The van der Waals surface area contributed by atoms with Gasteiger partial charge in [-0.05, 0) is 54.8 Å². The highest BCUT2D eigenvalue weighted by Gasteiger charge is 2.19. The Morgan fingerprint density at radius 1 is 1.09 bits per heavy atom. The zero-order valence-corrected chi connectivity index (χ0v) is 20.8. The first-order valence-electron chi connectivity index (χ1n) is 11.6. The van der Waals surface area contributed by atoms with Gasteiger partial charge in [0, 0.05) is 36.0 Å². The van der Waals surface area contributed by atoms with E-state index in [-0.39, 0.29) is 18.3 Å². The molecule has 3 aromatic rings. The van der Waals surface area contributed by atoms with Crippen LogP contribution in [0.25, 0.3) is 5.57 Å². The quantitative estimate of drug-likeness (QED) is 0.290. The average molecular weight is 491 g/mol. The molecule has 0 aromatic heterocycles. The zero-order chi connectivity index (χ0) is 23.9. The van der Waals surface area contributed by atoms with Crippen molar-refractivity contribution in [2.75, 3.05) is 23.8 Å². The van der Waals surface area contributed by atoms with Gasteiger partial charge >= 0.3 is 0 Å². The first kappa shape index (κ1) is 26.1. The Kier molecular flexibility index (Phi) is 9.12. The van der Waals surface area contributed by atoms with E-state index in [4.69, 9.17) is 4.74 Å². The first-order valence-corrected chi connectivity index (χ1v) is 11.6. The van der Waals surface area contributed by atoms with Crippen molar-refractivity contribution < 1.29 is 14.6 Å². The van der Waals surface area contributed by atoms with Crippen LogP contribution in [-0.4, -0.2) is 30.3 Å². The second-order valence-corrected chi connectivity index (χ2v) is 8.32. The Labute approximate surface area is 212 Å². The van der Waals surface area contributed by atoms with Gasteiger partial charge in [0.05, 0.1) is 12.7 Å². The SMILES string of the molecule is CCOc1ccc(C(=CC=CC(=O)Nc2cccc3c2CC(O)CN3)c2ccc(C)cc2)cc1.Cl. The lowest BCUT2D eigenvalue weighted by Gasteiger charge is -2.24. The molecule has 1 atom stereocenters. The van der Waals surface area contributed by atoms with Crippen LogP contribution >= 0.6 is 12.4 Å². The maximum atomic E-state index is 12.7. The lowest BCUT2D eigenvalue weighted by atomic mass is 9.96. The number of carbonyl (C=O) groups is 1. The monoisotopic (exact) mass is 490 g/mol. The maximum absolute atomic E-state index is 12.7. The van der Waals surface area contributed by atoms with Crippen LogP contribution in [-0.2, 0) is 11.2 Å². The number of hydrogen-bond acceptors (Lipinski definition) is 4. The van der Waals surface area contributed by atoms with Crippen molar-refractivity contribution >= 4 is 35.3 Å². The number of rotatable bonds is 7. The maximum Gasteiger partial charge on any atom is 0.248 e. The standard InChI is InChI=1S/C29H30N2O3.ClH/c1-3-34-24-16-14-22(15-17-24)25(21-12-10-20(2)11-13-21)6-4-9-29(33)31-28-8-5-7-27-26(28)18-23(32)19-30-27;/h4-17,23,30,32H,3,18-19H2,1-2H3,(H,31,33);1H. The number of carbonyl (C=O) groups excluding carboxylic acids is 1. The Balaban J connectivity index is 0.00000342. The van der Waals surface area contributed by atoms with Crippen LogP contribution in [0.2, 0.25) is 0 Å². The normalized spacial score (nSPS) is 15.1. The van der Waals surface area contributed by atoms with Gasteiger partial charge in [0.2, 0.25) is 5.91 Å². The number of aliphatic hydroxyl groups excluding tert-OH is 1. The number of β-amino-alcohol motifs (C(OH)–C–C–N with tert-alkyl or cyclic N) is 1. The van der Waals surface area contributed by atoms with E-state index in [1.54, 1.807) is 6.08 Å². The molecule has 1 aliphatic rings. The number of amides is 1. The fourth-order valence-electron chi connectivity index (χ4n) is 4.02. The molecule has 6 heteroatoms. The van der Waals surface area contributed by atoms with Crippen LogP contribution in [0.4, 0.5) is 11.4 Å². The molecule has 1 unspecified atom stereocenters. The molecule has 0 bridgehead atoms. The topological polar surface area (TPSA) is 70.6 Å². The second-order valence-electron chi connectivity index (χ2n) is 8.32. The van der Waals surface area contributed by atoms with Crippen molar-refractivity contribution in [3.05, 3.63) is 107 Å². The third-order valence-electron chi connectivity index (χ3n) is 5.75. The predicted octanol–water partition coefficient (Wildman–Crippen LogP) is 5.77. The zero-order valence-electron chi connectivity index (χ0n) is 20.0. The van der Waals surface area contributed by atoms with Crippen molar-refractivity contribution in [1.82, 2.24) is 0 Å². The number of halogens is 1. The molecule has 5 nitrogen and oxygen atoms in total. The van der Waals surface area contributed by atoms with E-state index in [9.17, 15) is 9.90 Å². The van der Waals surface area contributed by atoms with E-state index in [1.807, 2.05) is 55.5 Å². The Hall–Kier alpha value is -3.54. The first-order chi connectivity index (χ1) is 16.5. The molecule has 0 saturated heterocycles. The number of nitrogens with one attached hydrogen (secondary N) is 2. The number of ether oxygens (including phenoxy) is 1. The third kappa shape index (κ3) is 6.75. The molecule has 182 valence electrons. The summed E-state index contributed by atoms with van der Waals surface area (Å²) < 4.78 is 5.57. The molecule has 0 spiro atoms.